The van der Waals surface area contributed by atoms with Gasteiger partial charge in [0.25, 0.3) is 0 Å². The Morgan fingerprint density at radius 3 is 2.45 bits per heavy atom. The number of carbonyl (C=O) groups excluding carboxylic acids is 1. The normalized spacial score (nSPS) is 27.3. The molecule has 2 bridgehead atoms. The maximum Gasteiger partial charge on any atom is 0.310 e. The number of rotatable bonds is 8. The predicted molar refractivity (Wildman–Crippen MR) is 120 cm³/mol. The highest BCUT2D eigenvalue weighted by molar-refractivity contribution is 5.77. The Balaban J connectivity index is 1.30. The molecule has 1 aromatic carbocycles. The van der Waals surface area contributed by atoms with E-state index in [0.29, 0.717) is 24.0 Å². The fourth-order valence-corrected chi connectivity index (χ4v) is 5.49. The summed E-state index contributed by atoms with van der Waals surface area (Å²) in [5, 5.41) is 13.3. The molecule has 0 amide bonds. The fourth-order valence-electron chi connectivity index (χ4n) is 5.49. The number of benzene rings is 1. The molecule has 2 saturated heterocycles. The molecule has 2 aliphatic heterocycles. The average Bonchev–Trinajstić information content (AvgIpc) is 3.59. The van der Waals surface area contributed by atoms with Gasteiger partial charge in [-0.15, -0.1) is 0 Å². The van der Waals surface area contributed by atoms with E-state index in [-0.39, 0.29) is 30.3 Å². The molecular weight excluding hydrogens is 422 g/mol. The molecule has 0 spiro atoms. The highest BCUT2D eigenvalue weighted by Crippen LogP contribution is 2.51. The number of nitrogens with zero attached hydrogens (tertiary/aromatic N) is 1. The number of aliphatic carboxylic acids is 1. The van der Waals surface area contributed by atoms with Crippen molar-refractivity contribution in [3.05, 3.63) is 41.1 Å². The third-order valence-corrected chi connectivity index (χ3v) is 7.91. The molecule has 4 fully saturated rings. The van der Waals surface area contributed by atoms with Crippen molar-refractivity contribution >= 4 is 11.9 Å². The smallest absolute Gasteiger partial charge is 0.310 e. The van der Waals surface area contributed by atoms with E-state index in [2.05, 4.69) is 17.3 Å². The van der Waals surface area contributed by atoms with Crippen LogP contribution in [0.2, 0.25) is 0 Å². The van der Waals surface area contributed by atoms with Crippen LogP contribution in [0.1, 0.15) is 68.7 Å². The Labute approximate surface area is 193 Å². The van der Waals surface area contributed by atoms with Crippen LogP contribution in [0.4, 0.5) is 0 Å². The van der Waals surface area contributed by atoms with Crippen molar-refractivity contribution in [2.45, 2.75) is 82.3 Å². The largest absolute Gasteiger partial charge is 0.481 e. The number of ether oxygens (including phenoxy) is 2. The summed E-state index contributed by atoms with van der Waals surface area (Å²) in [6.07, 6.45) is 5.85. The van der Waals surface area contributed by atoms with Gasteiger partial charge in [0.05, 0.1) is 30.7 Å². The highest BCUT2D eigenvalue weighted by atomic mass is 16.5. The zero-order chi connectivity index (χ0) is 23.2. The molecule has 6 rings (SSSR count). The van der Waals surface area contributed by atoms with Gasteiger partial charge >= 0.3 is 11.9 Å². The van der Waals surface area contributed by atoms with Crippen LogP contribution in [0.25, 0.3) is 11.3 Å². The lowest BCUT2D eigenvalue weighted by Gasteiger charge is -2.53. The number of aromatic nitrogens is 1. The SMILES string of the molecule is Cc1noc(-c2ccc(C34CCC(CC(=O)O)(CC3)OC4)cc2)c1CC(=O)O[C@H](C)C1CC1. The molecule has 0 unspecified atom stereocenters. The molecule has 2 aromatic rings. The minimum atomic E-state index is -0.794. The van der Waals surface area contributed by atoms with Gasteiger partial charge in [0.2, 0.25) is 0 Å². The standard InChI is InChI=1S/C26H31NO6/c1-16-21(13-23(30)32-17(2)18-3-4-18)24(33-27-16)19-5-7-20(8-6-19)25-9-11-26(12-10-25,31-15-25)14-22(28)29/h5-8,17-18H,3-4,9-15H2,1-2H3,(H,28,29)/t17-,25?,26?/m1/s1. The van der Waals surface area contributed by atoms with Crippen molar-refractivity contribution in [1.29, 1.82) is 0 Å². The number of aryl methyl sites for hydroxylation is 1. The lowest BCUT2D eigenvalue weighted by molar-refractivity contribution is -0.175. The quantitative estimate of drug-likeness (QED) is 0.584. The first-order valence-electron chi connectivity index (χ1n) is 11.9. The number of esters is 1. The van der Waals surface area contributed by atoms with Crippen LogP contribution in [0.5, 0.6) is 0 Å². The fraction of sp³-hybridized carbons (Fsp3) is 0.577. The molecule has 1 aromatic heterocycles. The summed E-state index contributed by atoms with van der Waals surface area (Å²) in [6.45, 7) is 4.36. The number of carboxylic acids is 1. The minimum absolute atomic E-state index is 0.0397. The summed E-state index contributed by atoms with van der Waals surface area (Å²) >= 11 is 0. The molecule has 1 atom stereocenters. The van der Waals surface area contributed by atoms with Crippen molar-refractivity contribution in [3.63, 3.8) is 0 Å². The van der Waals surface area contributed by atoms with Crippen molar-refractivity contribution in [2.24, 2.45) is 5.92 Å². The molecule has 2 aliphatic carbocycles. The second kappa shape index (κ2) is 8.28. The lowest BCUT2D eigenvalue weighted by atomic mass is 9.62. The van der Waals surface area contributed by atoms with E-state index in [1.54, 1.807) is 0 Å². The van der Waals surface area contributed by atoms with Gasteiger partial charge in [0.15, 0.2) is 5.76 Å². The third kappa shape index (κ3) is 4.31. The molecule has 7 heteroatoms. The Morgan fingerprint density at radius 1 is 1.18 bits per heavy atom. The molecule has 4 aliphatic rings. The Kier molecular flexibility index (Phi) is 5.55. The van der Waals surface area contributed by atoms with Crippen molar-refractivity contribution in [3.8, 4) is 11.3 Å². The van der Waals surface area contributed by atoms with Gasteiger partial charge in [-0.25, -0.2) is 0 Å². The van der Waals surface area contributed by atoms with Gasteiger partial charge in [-0.05, 0) is 63.9 Å². The summed E-state index contributed by atoms with van der Waals surface area (Å²) in [5.74, 6) is 0.0694. The molecule has 3 heterocycles. The van der Waals surface area contributed by atoms with Crippen molar-refractivity contribution in [1.82, 2.24) is 5.16 Å². The van der Waals surface area contributed by atoms with Crippen molar-refractivity contribution < 1.29 is 28.7 Å². The van der Waals surface area contributed by atoms with Crippen LogP contribution < -0.4 is 0 Å². The number of hydrogen-bond acceptors (Lipinski definition) is 6. The molecular formula is C26H31NO6. The predicted octanol–water partition coefficient (Wildman–Crippen LogP) is 4.59. The second-order valence-electron chi connectivity index (χ2n) is 10.2. The summed E-state index contributed by atoms with van der Waals surface area (Å²) < 4.78 is 17.3. The van der Waals surface area contributed by atoms with Gasteiger partial charge in [0.1, 0.15) is 6.10 Å². The third-order valence-electron chi connectivity index (χ3n) is 7.91. The van der Waals surface area contributed by atoms with E-state index in [1.165, 1.54) is 5.56 Å². The molecule has 0 radical (unpaired) electrons. The maximum absolute atomic E-state index is 12.5. The van der Waals surface area contributed by atoms with Crippen LogP contribution >= 0.6 is 0 Å². The first-order chi connectivity index (χ1) is 15.8. The zero-order valence-corrected chi connectivity index (χ0v) is 19.3. The zero-order valence-electron chi connectivity index (χ0n) is 19.3. The first kappa shape index (κ1) is 22.1. The van der Waals surface area contributed by atoms with Gasteiger partial charge in [-0.1, -0.05) is 29.4 Å². The highest BCUT2D eigenvalue weighted by Gasteiger charge is 2.51. The van der Waals surface area contributed by atoms with Crippen LogP contribution in [0.15, 0.2) is 28.8 Å². The van der Waals surface area contributed by atoms with Crippen LogP contribution in [-0.2, 0) is 30.9 Å². The first-order valence-corrected chi connectivity index (χ1v) is 11.9. The molecule has 33 heavy (non-hydrogen) atoms. The van der Waals surface area contributed by atoms with Crippen molar-refractivity contribution in [2.75, 3.05) is 6.61 Å². The van der Waals surface area contributed by atoms with E-state index in [4.69, 9.17) is 14.0 Å². The molecule has 7 nitrogen and oxygen atoms in total. The maximum atomic E-state index is 12.5. The number of carbonyl (C=O) groups is 2. The lowest BCUT2D eigenvalue weighted by Crippen LogP contribution is -2.54. The number of fused-ring (bicyclic) bond motifs is 3. The second-order valence-corrected chi connectivity index (χ2v) is 10.2. The van der Waals surface area contributed by atoms with Gasteiger partial charge in [0, 0.05) is 16.5 Å². The van der Waals surface area contributed by atoms with E-state index >= 15 is 0 Å². The number of carboxylic acid groups (broad SMARTS) is 1. The van der Waals surface area contributed by atoms with Gasteiger partial charge in [-0.3, -0.25) is 9.59 Å². The summed E-state index contributed by atoms with van der Waals surface area (Å²) in [7, 11) is 0. The van der Waals surface area contributed by atoms with E-state index in [1.807, 2.05) is 26.0 Å². The molecule has 2 saturated carbocycles. The summed E-state index contributed by atoms with van der Waals surface area (Å²) in [4.78, 5) is 23.7. The van der Waals surface area contributed by atoms with Crippen LogP contribution in [0, 0.1) is 12.8 Å². The minimum Gasteiger partial charge on any atom is -0.481 e. The Morgan fingerprint density at radius 2 is 1.88 bits per heavy atom. The van der Waals surface area contributed by atoms with Crippen LogP contribution in [0.3, 0.4) is 0 Å². The Hall–Kier alpha value is -2.67. The monoisotopic (exact) mass is 453 g/mol. The molecule has 1 N–H and O–H groups in total. The van der Waals surface area contributed by atoms with E-state index < -0.39 is 11.6 Å². The Bertz CT molecular complexity index is 1030. The van der Waals surface area contributed by atoms with E-state index in [0.717, 1.165) is 49.7 Å². The summed E-state index contributed by atoms with van der Waals surface area (Å²) in [6, 6.07) is 8.23. The number of hydrogen-bond donors (Lipinski definition) is 1. The average molecular weight is 454 g/mol. The topological polar surface area (TPSA) is 98.9 Å². The van der Waals surface area contributed by atoms with Crippen LogP contribution in [-0.4, -0.2) is 40.5 Å². The van der Waals surface area contributed by atoms with Gasteiger partial charge in [-0.2, -0.15) is 0 Å². The van der Waals surface area contributed by atoms with Gasteiger partial charge < -0.3 is 19.1 Å². The molecule has 176 valence electrons. The van der Waals surface area contributed by atoms with E-state index in [9.17, 15) is 14.7 Å². The summed E-state index contributed by atoms with van der Waals surface area (Å²) in [5.41, 5.74) is 2.98.